The van der Waals surface area contributed by atoms with Gasteiger partial charge in [-0.05, 0) is 44.9 Å². The fourth-order valence-electron chi connectivity index (χ4n) is 2.35. The Hall–Kier alpha value is -1.26. The number of benzene rings is 1. The van der Waals surface area contributed by atoms with E-state index in [1.807, 2.05) is 26.0 Å². The van der Waals surface area contributed by atoms with Crippen LogP contribution in [0.15, 0.2) is 18.2 Å². The number of piperidine rings is 1. The summed E-state index contributed by atoms with van der Waals surface area (Å²) in [5, 5.41) is 6.27. The number of carbonyl (C=O) groups excluding carboxylic acids is 1. The van der Waals surface area contributed by atoms with Crippen LogP contribution in [0.2, 0.25) is 0 Å². The van der Waals surface area contributed by atoms with E-state index in [1.165, 1.54) is 5.56 Å². The molecule has 0 aliphatic carbocycles. The third kappa shape index (κ3) is 5.02. The van der Waals surface area contributed by atoms with Gasteiger partial charge in [0.15, 0.2) is 6.61 Å². The molecule has 1 aromatic rings. The molecule has 1 amide bonds. The molecule has 1 saturated heterocycles. The highest BCUT2D eigenvalue weighted by Gasteiger charge is 2.15. The number of halogens is 1. The van der Waals surface area contributed by atoms with Gasteiger partial charge in [0, 0.05) is 12.6 Å². The Morgan fingerprint density at radius 1 is 1.45 bits per heavy atom. The minimum absolute atomic E-state index is 0. The summed E-state index contributed by atoms with van der Waals surface area (Å²) in [6, 6.07) is 6.20. The van der Waals surface area contributed by atoms with E-state index >= 15 is 0 Å². The maximum atomic E-state index is 11.8. The average molecular weight is 299 g/mol. The lowest BCUT2D eigenvalue weighted by atomic mass is 10.1. The number of nitrogens with one attached hydrogen (secondary N) is 2. The second kappa shape index (κ2) is 8.12. The van der Waals surface area contributed by atoms with E-state index in [0.29, 0.717) is 0 Å². The molecule has 2 rings (SSSR count). The molecule has 1 atom stereocenters. The second-order valence-electron chi connectivity index (χ2n) is 5.17. The Morgan fingerprint density at radius 3 is 2.90 bits per heavy atom. The minimum atomic E-state index is -0.0475. The van der Waals surface area contributed by atoms with E-state index in [9.17, 15) is 4.79 Å². The van der Waals surface area contributed by atoms with Gasteiger partial charge in [-0.15, -0.1) is 12.4 Å². The molecular weight excluding hydrogens is 276 g/mol. The molecule has 0 saturated carbocycles. The molecule has 2 N–H and O–H groups in total. The van der Waals surface area contributed by atoms with Gasteiger partial charge in [0.2, 0.25) is 0 Å². The van der Waals surface area contributed by atoms with Crippen LogP contribution < -0.4 is 15.4 Å². The van der Waals surface area contributed by atoms with E-state index < -0.39 is 0 Å². The minimum Gasteiger partial charge on any atom is -0.484 e. The molecule has 5 heteroatoms. The summed E-state index contributed by atoms with van der Waals surface area (Å²) in [6.45, 7) is 6.02. The summed E-state index contributed by atoms with van der Waals surface area (Å²) in [5.41, 5.74) is 2.26. The van der Waals surface area contributed by atoms with E-state index in [2.05, 4.69) is 16.7 Å². The van der Waals surface area contributed by atoms with Crippen LogP contribution in [0.3, 0.4) is 0 Å². The summed E-state index contributed by atoms with van der Waals surface area (Å²) in [7, 11) is 0. The molecule has 1 unspecified atom stereocenters. The van der Waals surface area contributed by atoms with Crippen molar-refractivity contribution in [2.24, 2.45) is 0 Å². The Labute approximate surface area is 126 Å². The maximum absolute atomic E-state index is 11.8. The van der Waals surface area contributed by atoms with Gasteiger partial charge < -0.3 is 15.4 Å². The highest BCUT2D eigenvalue weighted by atomic mass is 35.5. The predicted molar refractivity (Wildman–Crippen MR) is 82.7 cm³/mol. The fraction of sp³-hybridized carbons (Fsp3) is 0.533. The van der Waals surface area contributed by atoms with Crippen molar-refractivity contribution in [3.63, 3.8) is 0 Å². The normalized spacial score (nSPS) is 18.0. The number of ether oxygens (including phenoxy) is 1. The molecule has 4 nitrogen and oxygen atoms in total. The predicted octanol–water partition coefficient (Wildman–Crippen LogP) is 1.97. The third-order valence-electron chi connectivity index (χ3n) is 3.35. The van der Waals surface area contributed by atoms with Gasteiger partial charge in [0.05, 0.1) is 0 Å². The Balaban J connectivity index is 0.00000200. The Bertz CT molecular complexity index is 445. The number of aryl methyl sites for hydroxylation is 2. The first-order valence-electron chi connectivity index (χ1n) is 6.85. The van der Waals surface area contributed by atoms with E-state index in [-0.39, 0.29) is 31.0 Å². The summed E-state index contributed by atoms with van der Waals surface area (Å²) in [6.07, 6.45) is 2.16. The van der Waals surface area contributed by atoms with Crippen molar-refractivity contribution in [1.29, 1.82) is 0 Å². The van der Waals surface area contributed by atoms with Crippen molar-refractivity contribution in [3.8, 4) is 5.75 Å². The second-order valence-corrected chi connectivity index (χ2v) is 5.17. The first kappa shape index (κ1) is 16.8. The number of rotatable bonds is 4. The van der Waals surface area contributed by atoms with E-state index in [1.54, 1.807) is 0 Å². The third-order valence-corrected chi connectivity index (χ3v) is 3.35. The van der Waals surface area contributed by atoms with Crippen LogP contribution >= 0.6 is 12.4 Å². The van der Waals surface area contributed by atoms with Crippen LogP contribution in [-0.2, 0) is 4.79 Å². The first-order valence-corrected chi connectivity index (χ1v) is 6.85. The van der Waals surface area contributed by atoms with Gasteiger partial charge in [-0.3, -0.25) is 4.79 Å². The number of hydrogen-bond acceptors (Lipinski definition) is 3. The van der Waals surface area contributed by atoms with Gasteiger partial charge in [-0.2, -0.15) is 0 Å². The molecule has 20 heavy (non-hydrogen) atoms. The zero-order chi connectivity index (χ0) is 13.7. The molecule has 0 radical (unpaired) electrons. The summed E-state index contributed by atoms with van der Waals surface area (Å²) in [4.78, 5) is 11.8. The Morgan fingerprint density at radius 2 is 2.25 bits per heavy atom. The first-order chi connectivity index (χ1) is 9.15. The molecule has 112 valence electrons. The highest BCUT2D eigenvalue weighted by Crippen LogP contribution is 2.18. The molecule has 0 aromatic heterocycles. The van der Waals surface area contributed by atoms with Crippen LogP contribution in [0, 0.1) is 13.8 Å². The monoisotopic (exact) mass is 298 g/mol. The standard InChI is InChI=1S/C15H22N2O2.ClH/c1-11-5-6-14(12(2)8-11)19-10-15(18)17-13-4-3-7-16-9-13;/h5-6,8,13,16H,3-4,7,9-10H2,1-2H3,(H,17,18);1H. The van der Waals surface area contributed by atoms with Crippen molar-refractivity contribution in [2.75, 3.05) is 19.7 Å². The lowest BCUT2D eigenvalue weighted by Crippen LogP contribution is -2.47. The SMILES string of the molecule is Cc1ccc(OCC(=O)NC2CCCNC2)c(C)c1.Cl. The van der Waals surface area contributed by atoms with Crippen molar-refractivity contribution in [2.45, 2.75) is 32.7 Å². The molecule has 1 heterocycles. The highest BCUT2D eigenvalue weighted by molar-refractivity contribution is 5.85. The van der Waals surface area contributed by atoms with Gasteiger partial charge >= 0.3 is 0 Å². The summed E-state index contributed by atoms with van der Waals surface area (Å²) >= 11 is 0. The number of amides is 1. The van der Waals surface area contributed by atoms with Gasteiger partial charge in [0.1, 0.15) is 5.75 Å². The lowest BCUT2D eigenvalue weighted by molar-refractivity contribution is -0.123. The topological polar surface area (TPSA) is 50.4 Å². The number of hydrogen-bond donors (Lipinski definition) is 2. The van der Waals surface area contributed by atoms with Crippen molar-refractivity contribution < 1.29 is 9.53 Å². The fourth-order valence-corrected chi connectivity index (χ4v) is 2.35. The van der Waals surface area contributed by atoms with E-state index in [4.69, 9.17) is 4.74 Å². The van der Waals surface area contributed by atoms with Crippen LogP contribution in [0.1, 0.15) is 24.0 Å². The van der Waals surface area contributed by atoms with Crippen LogP contribution in [0.5, 0.6) is 5.75 Å². The summed E-state index contributed by atoms with van der Waals surface area (Å²) in [5.74, 6) is 0.733. The Kier molecular flexibility index (Phi) is 6.82. The smallest absolute Gasteiger partial charge is 0.258 e. The summed E-state index contributed by atoms with van der Waals surface area (Å²) < 4.78 is 5.56. The zero-order valence-corrected chi connectivity index (χ0v) is 12.9. The zero-order valence-electron chi connectivity index (χ0n) is 12.1. The van der Waals surface area contributed by atoms with Crippen molar-refractivity contribution in [1.82, 2.24) is 10.6 Å². The molecule has 1 fully saturated rings. The van der Waals surface area contributed by atoms with Crippen LogP contribution in [0.4, 0.5) is 0 Å². The molecule has 0 bridgehead atoms. The largest absolute Gasteiger partial charge is 0.484 e. The quantitative estimate of drug-likeness (QED) is 0.893. The molecular formula is C15H23ClN2O2. The van der Waals surface area contributed by atoms with Gasteiger partial charge in [0.25, 0.3) is 5.91 Å². The van der Waals surface area contributed by atoms with Crippen LogP contribution in [0.25, 0.3) is 0 Å². The molecule has 1 aliphatic heterocycles. The van der Waals surface area contributed by atoms with Crippen LogP contribution in [-0.4, -0.2) is 31.6 Å². The molecule has 1 aliphatic rings. The number of carbonyl (C=O) groups is 1. The maximum Gasteiger partial charge on any atom is 0.258 e. The van der Waals surface area contributed by atoms with Gasteiger partial charge in [-0.25, -0.2) is 0 Å². The average Bonchev–Trinajstić information content (AvgIpc) is 2.39. The van der Waals surface area contributed by atoms with Gasteiger partial charge in [-0.1, -0.05) is 17.7 Å². The van der Waals surface area contributed by atoms with E-state index in [0.717, 1.165) is 37.2 Å². The molecule has 0 spiro atoms. The van der Waals surface area contributed by atoms with Crippen molar-refractivity contribution in [3.05, 3.63) is 29.3 Å². The lowest BCUT2D eigenvalue weighted by Gasteiger charge is -2.23. The molecule has 1 aromatic carbocycles. The van der Waals surface area contributed by atoms with Crippen molar-refractivity contribution >= 4 is 18.3 Å².